The van der Waals surface area contributed by atoms with Crippen LogP contribution < -0.4 is 5.32 Å². The third-order valence-corrected chi connectivity index (χ3v) is 2.96. The number of carbonyl (C=O) groups excluding carboxylic acids is 1. The Kier molecular flexibility index (Phi) is 3.16. The number of hydrogen-bond acceptors (Lipinski definition) is 3. The first-order chi connectivity index (χ1) is 8.09. The molecule has 1 aromatic heterocycles. The molecule has 2 N–H and O–H groups in total. The van der Waals surface area contributed by atoms with Crippen molar-refractivity contribution in [3.05, 3.63) is 30.5 Å². The zero-order chi connectivity index (χ0) is 12.4. The molecule has 2 rings (SSSR count). The second-order valence-corrected chi connectivity index (χ2v) is 4.38. The Balaban J connectivity index is 2.70. The fourth-order valence-electron chi connectivity index (χ4n) is 1.59. The molecule has 0 radical (unpaired) electrons. The van der Waals surface area contributed by atoms with E-state index in [2.05, 4.69) is 10.3 Å². The number of carbonyl (C=O) groups is 1. The first-order valence-corrected chi connectivity index (χ1v) is 5.96. The molecule has 88 valence electrons. The lowest BCUT2D eigenvalue weighted by Gasteiger charge is -2.08. The van der Waals surface area contributed by atoms with Crippen LogP contribution >= 0.6 is 0 Å². The Morgan fingerprint density at radius 1 is 1.41 bits per heavy atom. The number of anilines is 1. The van der Waals surface area contributed by atoms with Crippen LogP contribution in [-0.2, 0) is 15.9 Å². The van der Waals surface area contributed by atoms with Crippen LogP contribution in [0.3, 0.4) is 0 Å². The van der Waals surface area contributed by atoms with Gasteiger partial charge in [-0.2, -0.15) is 0 Å². The molecule has 0 aliphatic heterocycles. The fourth-order valence-corrected chi connectivity index (χ4v) is 2.13. The molecule has 1 unspecified atom stereocenters. The monoisotopic (exact) mass is 250 g/mol. The summed E-state index contributed by atoms with van der Waals surface area (Å²) in [5.74, 6) is -0.213. The van der Waals surface area contributed by atoms with Gasteiger partial charge in [0.1, 0.15) is 0 Å². The molecule has 0 aliphatic rings. The van der Waals surface area contributed by atoms with E-state index in [0.717, 1.165) is 0 Å². The van der Waals surface area contributed by atoms with Crippen LogP contribution in [0.4, 0.5) is 5.69 Å². The maximum Gasteiger partial charge on any atom is 0.221 e. The molecular formula is C11H10N2O3S. The van der Waals surface area contributed by atoms with Crippen molar-refractivity contribution in [2.45, 2.75) is 11.8 Å². The van der Waals surface area contributed by atoms with Crippen molar-refractivity contribution in [3.63, 3.8) is 0 Å². The lowest BCUT2D eigenvalue weighted by Crippen LogP contribution is -2.07. The number of pyridine rings is 1. The van der Waals surface area contributed by atoms with Gasteiger partial charge in [0, 0.05) is 18.5 Å². The van der Waals surface area contributed by atoms with Gasteiger partial charge in [-0.3, -0.25) is 9.78 Å². The number of rotatable bonds is 2. The molecule has 17 heavy (non-hydrogen) atoms. The van der Waals surface area contributed by atoms with Crippen LogP contribution in [0, 0.1) is 0 Å². The molecule has 0 saturated carbocycles. The Labute approximate surface area is 100 Å². The highest BCUT2D eigenvalue weighted by atomic mass is 32.2. The van der Waals surface area contributed by atoms with E-state index in [-0.39, 0.29) is 10.8 Å². The molecule has 1 heterocycles. The highest BCUT2D eigenvalue weighted by Crippen LogP contribution is 2.26. The number of benzene rings is 1. The molecule has 0 fully saturated rings. The summed E-state index contributed by atoms with van der Waals surface area (Å²) in [5, 5.41) is 3.19. The molecule has 0 spiro atoms. The van der Waals surface area contributed by atoms with E-state index in [4.69, 9.17) is 4.55 Å². The van der Waals surface area contributed by atoms with Crippen LogP contribution in [0.25, 0.3) is 10.9 Å². The largest absolute Gasteiger partial charge is 0.324 e. The number of amides is 1. The summed E-state index contributed by atoms with van der Waals surface area (Å²) in [6, 6.07) is 6.44. The van der Waals surface area contributed by atoms with Crippen molar-refractivity contribution in [1.29, 1.82) is 0 Å². The van der Waals surface area contributed by atoms with Gasteiger partial charge in [0.25, 0.3) is 0 Å². The van der Waals surface area contributed by atoms with Crippen LogP contribution in [0.1, 0.15) is 6.92 Å². The second-order valence-electron chi connectivity index (χ2n) is 3.44. The van der Waals surface area contributed by atoms with Crippen molar-refractivity contribution in [2.24, 2.45) is 0 Å². The van der Waals surface area contributed by atoms with Crippen LogP contribution in [0.15, 0.2) is 35.4 Å². The molecule has 1 amide bonds. The van der Waals surface area contributed by atoms with Crippen molar-refractivity contribution in [2.75, 3.05) is 5.32 Å². The minimum Gasteiger partial charge on any atom is -0.324 e. The summed E-state index contributed by atoms with van der Waals surface area (Å²) in [6.45, 7) is 1.40. The lowest BCUT2D eigenvalue weighted by atomic mass is 10.2. The molecule has 0 saturated heterocycles. The average molecular weight is 250 g/mol. The van der Waals surface area contributed by atoms with Gasteiger partial charge >= 0.3 is 0 Å². The topological polar surface area (TPSA) is 79.3 Å². The minimum absolute atomic E-state index is 0.213. The van der Waals surface area contributed by atoms with Gasteiger partial charge in [0.15, 0.2) is 11.1 Å². The predicted molar refractivity (Wildman–Crippen MR) is 65.1 cm³/mol. The van der Waals surface area contributed by atoms with E-state index in [9.17, 15) is 9.00 Å². The molecule has 6 heteroatoms. The summed E-state index contributed by atoms with van der Waals surface area (Å²) >= 11 is -2.08. The fraction of sp³-hybridized carbons (Fsp3) is 0.0909. The van der Waals surface area contributed by atoms with Gasteiger partial charge in [-0.25, -0.2) is 4.21 Å². The quantitative estimate of drug-likeness (QED) is 0.796. The molecule has 5 nitrogen and oxygen atoms in total. The summed E-state index contributed by atoms with van der Waals surface area (Å²) in [5.41, 5.74) is 1.03. The molecule has 1 aromatic carbocycles. The molecule has 2 aromatic rings. The van der Waals surface area contributed by atoms with Gasteiger partial charge < -0.3 is 9.87 Å². The van der Waals surface area contributed by atoms with E-state index >= 15 is 0 Å². The normalized spacial score (nSPS) is 12.4. The number of aromatic nitrogens is 1. The highest BCUT2D eigenvalue weighted by Gasteiger charge is 2.10. The van der Waals surface area contributed by atoms with E-state index in [1.807, 2.05) is 0 Å². The summed E-state index contributed by atoms with van der Waals surface area (Å²) in [4.78, 5) is 15.4. The van der Waals surface area contributed by atoms with E-state index in [1.54, 1.807) is 24.4 Å². The Morgan fingerprint density at radius 3 is 2.82 bits per heavy atom. The van der Waals surface area contributed by atoms with Crippen molar-refractivity contribution in [1.82, 2.24) is 4.98 Å². The van der Waals surface area contributed by atoms with Crippen LogP contribution in [0.2, 0.25) is 0 Å². The van der Waals surface area contributed by atoms with Gasteiger partial charge in [-0.05, 0) is 24.3 Å². The van der Waals surface area contributed by atoms with Crippen molar-refractivity contribution in [3.8, 4) is 0 Å². The number of fused-ring (bicyclic) bond motifs is 1. The third kappa shape index (κ3) is 2.32. The number of hydrogen-bond donors (Lipinski definition) is 2. The number of nitrogens with one attached hydrogen (secondary N) is 1. The van der Waals surface area contributed by atoms with Gasteiger partial charge in [-0.1, -0.05) is 0 Å². The second kappa shape index (κ2) is 4.60. The molecular weight excluding hydrogens is 240 g/mol. The maximum atomic E-state index is 11.1. The Morgan fingerprint density at radius 2 is 2.18 bits per heavy atom. The first-order valence-electron chi connectivity index (χ1n) is 4.86. The molecule has 0 aliphatic carbocycles. The zero-order valence-corrected chi connectivity index (χ0v) is 9.82. The van der Waals surface area contributed by atoms with E-state index in [0.29, 0.717) is 16.6 Å². The Bertz CT molecular complexity index is 613. The Hall–Kier alpha value is -1.79. The van der Waals surface area contributed by atoms with Crippen LogP contribution in [-0.4, -0.2) is 19.7 Å². The molecule has 1 atom stereocenters. The highest BCUT2D eigenvalue weighted by molar-refractivity contribution is 7.79. The first kappa shape index (κ1) is 11.7. The SMILES string of the molecule is CC(=O)Nc1ccc(S(=O)O)c2cccnc12. The van der Waals surface area contributed by atoms with Crippen molar-refractivity contribution < 1.29 is 13.6 Å². The lowest BCUT2D eigenvalue weighted by molar-refractivity contribution is -0.114. The third-order valence-electron chi connectivity index (χ3n) is 2.23. The van der Waals surface area contributed by atoms with E-state index in [1.165, 1.54) is 13.0 Å². The standard InChI is InChI=1S/C11H10N2O3S/c1-7(14)13-9-4-5-10(17(15)16)8-3-2-6-12-11(8)9/h2-6H,1H3,(H,13,14)(H,15,16). The number of nitrogens with zero attached hydrogens (tertiary/aromatic N) is 1. The van der Waals surface area contributed by atoms with Crippen LogP contribution in [0.5, 0.6) is 0 Å². The van der Waals surface area contributed by atoms with Gasteiger partial charge in [0.2, 0.25) is 5.91 Å². The summed E-state index contributed by atoms with van der Waals surface area (Å²) in [6.07, 6.45) is 1.57. The minimum atomic E-state index is -2.08. The van der Waals surface area contributed by atoms with Crippen molar-refractivity contribution >= 4 is 33.6 Å². The maximum absolute atomic E-state index is 11.1. The summed E-state index contributed by atoms with van der Waals surface area (Å²) in [7, 11) is 0. The van der Waals surface area contributed by atoms with E-state index < -0.39 is 11.1 Å². The summed E-state index contributed by atoms with van der Waals surface area (Å²) < 4.78 is 20.3. The average Bonchev–Trinajstić information content (AvgIpc) is 2.28. The molecule has 0 bridgehead atoms. The zero-order valence-electron chi connectivity index (χ0n) is 9.01. The van der Waals surface area contributed by atoms with Gasteiger partial charge in [0.05, 0.1) is 16.1 Å². The predicted octanol–water partition coefficient (Wildman–Crippen LogP) is 1.77. The van der Waals surface area contributed by atoms with Gasteiger partial charge in [-0.15, -0.1) is 0 Å². The smallest absolute Gasteiger partial charge is 0.221 e.